The summed E-state index contributed by atoms with van der Waals surface area (Å²) in [4.78, 5) is 43.9. The number of anilines is 2. The number of nitrogen functional groups attached to an aromatic ring is 1. The van der Waals surface area contributed by atoms with Crippen molar-refractivity contribution in [2.45, 2.75) is 51.6 Å². The maximum Gasteiger partial charge on any atom is 0.291 e. The van der Waals surface area contributed by atoms with Crippen LogP contribution in [0.25, 0.3) is 0 Å². The number of nitrogens with one attached hydrogen (secondary N) is 3. The summed E-state index contributed by atoms with van der Waals surface area (Å²) in [6, 6.07) is 0.800. The molecule has 1 atom stereocenters. The molecule has 2 fully saturated rings. The molecule has 1 aromatic heterocycles. The Morgan fingerprint density at radius 3 is 2.69 bits per heavy atom. The number of H-pyrrole nitrogens is 1. The second kappa shape index (κ2) is 13.5. The normalized spacial score (nSPS) is 21.7. The first-order chi connectivity index (χ1) is 18.8. The summed E-state index contributed by atoms with van der Waals surface area (Å²) in [6.07, 6.45) is 8.26. The van der Waals surface area contributed by atoms with E-state index in [9.17, 15) is 9.59 Å². The van der Waals surface area contributed by atoms with Crippen molar-refractivity contribution in [3.8, 4) is 0 Å². The number of piperidine rings is 1. The monoisotopic (exact) mass is 558 g/mol. The lowest BCUT2D eigenvalue weighted by molar-refractivity contribution is 0.0658. The van der Waals surface area contributed by atoms with E-state index in [-0.39, 0.29) is 17.3 Å². The van der Waals surface area contributed by atoms with Gasteiger partial charge in [-0.05, 0) is 39.3 Å². The average molecular weight is 559 g/mol. The Balaban J connectivity index is 1.35. The van der Waals surface area contributed by atoms with Crippen LogP contribution in [-0.4, -0.2) is 95.8 Å². The fraction of sp³-hybridized carbons (Fsp3) is 0.615. The molecule has 39 heavy (non-hydrogen) atoms. The Kier molecular flexibility index (Phi) is 10.1. The molecule has 13 heteroatoms. The molecule has 0 aromatic carbocycles. The number of thiol groups is 1. The molecular weight excluding hydrogens is 516 g/mol. The van der Waals surface area contributed by atoms with E-state index in [0.717, 1.165) is 63.1 Å². The molecule has 0 aliphatic carbocycles. The van der Waals surface area contributed by atoms with Crippen LogP contribution in [0.4, 0.5) is 11.6 Å². The molecule has 4 heterocycles. The van der Waals surface area contributed by atoms with E-state index in [0.29, 0.717) is 44.1 Å². The van der Waals surface area contributed by atoms with Crippen LogP contribution < -0.4 is 32.0 Å². The Bertz CT molecular complexity index is 1170. The van der Waals surface area contributed by atoms with Gasteiger partial charge in [-0.25, -0.2) is 9.98 Å². The summed E-state index contributed by atoms with van der Waals surface area (Å²) >= 11 is 3.89. The van der Waals surface area contributed by atoms with Crippen molar-refractivity contribution < 1.29 is 4.79 Å². The molecule has 3 aliphatic rings. The zero-order chi connectivity index (χ0) is 27.9. The van der Waals surface area contributed by atoms with Gasteiger partial charge in [-0.1, -0.05) is 31.9 Å². The Labute approximate surface area is 235 Å². The molecular formula is C26H42N10O2S. The van der Waals surface area contributed by atoms with Gasteiger partial charge in [-0.3, -0.25) is 24.1 Å². The van der Waals surface area contributed by atoms with Crippen LogP contribution in [0, 0.1) is 0 Å². The lowest BCUT2D eigenvalue weighted by Crippen LogP contribution is -2.59. The van der Waals surface area contributed by atoms with Crippen LogP contribution in [0.5, 0.6) is 0 Å². The van der Waals surface area contributed by atoms with Crippen LogP contribution in [0.2, 0.25) is 0 Å². The Hall–Kier alpha value is -2.87. The van der Waals surface area contributed by atoms with Gasteiger partial charge in [-0.15, -0.1) is 0 Å². The molecule has 0 saturated carbocycles. The maximum absolute atomic E-state index is 12.9. The van der Waals surface area contributed by atoms with E-state index >= 15 is 0 Å². The minimum atomic E-state index is -0.466. The average Bonchev–Trinajstić information content (AvgIpc) is 3.09. The van der Waals surface area contributed by atoms with Gasteiger partial charge in [-0.2, -0.15) is 0 Å². The van der Waals surface area contributed by atoms with E-state index < -0.39 is 11.5 Å². The Morgan fingerprint density at radius 2 is 1.97 bits per heavy atom. The molecule has 7 N–H and O–H groups in total. The quantitative estimate of drug-likeness (QED) is 0.187. The lowest BCUT2D eigenvalue weighted by Gasteiger charge is -2.47. The number of carbonyl (C=O) groups excluding carboxylic acids is 1. The number of rotatable bonds is 9. The number of nitrogens with zero attached hydrogens (tertiary/aromatic N) is 5. The minimum Gasteiger partial charge on any atom is -0.383 e. The molecule has 2 saturated heterocycles. The van der Waals surface area contributed by atoms with Crippen LogP contribution in [0.1, 0.15) is 50.0 Å². The Morgan fingerprint density at radius 1 is 1.21 bits per heavy atom. The summed E-state index contributed by atoms with van der Waals surface area (Å²) in [5.41, 5.74) is 14.0. The highest BCUT2D eigenvalue weighted by atomic mass is 32.1. The van der Waals surface area contributed by atoms with Crippen molar-refractivity contribution in [2.24, 2.45) is 10.7 Å². The fourth-order valence-electron chi connectivity index (χ4n) is 5.63. The van der Waals surface area contributed by atoms with Crippen molar-refractivity contribution in [3.05, 3.63) is 39.6 Å². The van der Waals surface area contributed by atoms with Gasteiger partial charge >= 0.3 is 0 Å². The molecule has 0 bridgehead atoms. The molecule has 1 amide bonds. The molecule has 1 aromatic rings. The minimum absolute atomic E-state index is 0.0147. The number of amides is 1. The molecule has 0 radical (unpaired) electrons. The van der Waals surface area contributed by atoms with Crippen LogP contribution in [-0.2, 0) is 0 Å². The first kappa shape index (κ1) is 29.1. The molecule has 1 unspecified atom stereocenters. The largest absolute Gasteiger partial charge is 0.383 e. The van der Waals surface area contributed by atoms with Gasteiger partial charge in [0.2, 0.25) is 0 Å². The zero-order valence-electron chi connectivity index (χ0n) is 22.9. The topological polar surface area (TPSA) is 161 Å². The van der Waals surface area contributed by atoms with Gasteiger partial charge < -0.3 is 26.7 Å². The van der Waals surface area contributed by atoms with Crippen molar-refractivity contribution >= 4 is 36.1 Å². The molecule has 214 valence electrons. The second-order valence-corrected chi connectivity index (χ2v) is 10.7. The number of likely N-dealkylation sites (tertiary alicyclic amines) is 1. The van der Waals surface area contributed by atoms with E-state index in [1.807, 2.05) is 11.8 Å². The number of allylic oxidation sites excluding steroid dienone is 1. The van der Waals surface area contributed by atoms with Crippen molar-refractivity contribution in [3.63, 3.8) is 0 Å². The third-order valence-electron chi connectivity index (χ3n) is 7.77. The van der Waals surface area contributed by atoms with Crippen molar-refractivity contribution in [1.29, 1.82) is 0 Å². The SMILES string of the molecule is CCC1CN(c2nc(N)c(C(=O)NCCNS)[nH]c2=O)CCN1C1CCN(CC2=C(N)N=C(C)CC=C2)CC1. The van der Waals surface area contributed by atoms with Crippen LogP contribution >= 0.6 is 12.8 Å². The highest BCUT2D eigenvalue weighted by Gasteiger charge is 2.34. The predicted molar refractivity (Wildman–Crippen MR) is 159 cm³/mol. The fourth-order valence-corrected chi connectivity index (χ4v) is 5.74. The molecule has 12 nitrogen and oxygen atoms in total. The smallest absolute Gasteiger partial charge is 0.291 e. The highest BCUT2D eigenvalue weighted by Crippen LogP contribution is 2.26. The molecule has 4 rings (SSSR count). The summed E-state index contributed by atoms with van der Waals surface area (Å²) in [5.74, 6) is 0.457. The predicted octanol–water partition coefficient (Wildman–Crippen LogP) is 0.472. The number of nitrogens with two attached hydrogens (primary N) is 2. The van der Waals surface area contributed by atoms with E-state index in [4.69, 9.17) is 11.5 Å². The van der Waals surface area contributed by atoms with Crippen LogP contribution in [0.15, 0.2) is 33.3 Å². The number of aliphatic imine (C=N–C) groups is 1. The van der Waals surface area contributed by atoms with Crippen molar-refractivity contribution in [1.82, 2.24) is 29.8 Å². The third-order valence-corrected chi connectivity index (χ3v) is 7.99. The van der Waals surface area contributed by atoms with E-state index in [2.05, 4.69) is 66.7 Å². The number of hydrogen-bond donors (Lipinski definition) is 6. The second-order valence-electron chi connectivity index (χ2n) is 10.4. The number of aromatic amines is 1. The van der Waals surface area contributed by atoms with Gasteiger partial charge in [0.05, 0.1) is 0 Å². The number of hydrogen-bond acceptors (Lipinski definition) is 11. The lowest BCUT2D eigenvalue weighted by atomic mass is 9.97. The zero-order valence-corrected chi connectivity index (χ0v) is 23.8. The first-order valence-corrected chi connectivity index (χ1v) is 14.2. The molecule has 0 spiro atoms. The highest BCUT2D eigenvalue weighted by molar-refractivity contribution is 7.78. The number of carbonyl (C=O) groups is 1. The van der Waals surface area contributed by atoms with E-state index in [1.54, 1.807) is 0 Å². The third kappa shape index (κ3) is 7.21. The maximum atomic E-state index is 12.9. The number of aromatic nitrogens is 2. The first-order valence-electron chi connectivity index (χ1n) is 13.8. The van der Waals surface area contributed by atoms with Crippen LogP contribution in [0.3, 0.4) is 0 Å². The van der Waals surface area contributed by atoms with Gasteiger partial charge in [0, 0.05) is 69.1 Å². The van der Waals surface area contributed by atoms with Gasteiger partial charge in [0.1, 0.15) is 11.5 Å². The van der Waals surface area contributed by atoms with Gasteiger partial charge in [0.15, 0.2) is 11.6 Å². The molecule has 3 aliphatic heterocycles. The summed E-state index contributed by atoms with van der Waals surface area (Å²) in [6.45, 7) is 10.1. The summed E-state index contributed by atoms with van der Waals surface area (Å²) in [7, 11) is 0. The number of piperazine rings is 1. The van der Waals surface area contributed by atoms with E-state index in [1.165, 1.54) is 0 Å². The summed E-state index contributed by atoms with van der Waals surface area (Å²) in [5, 5.41) is 2.68. The summed E-state index contributed by atoms with van der Waals surface area (Å²) < 4.78 is 2.65. The van der Waals surface area contributed by atoms with Crippen molar-refractivity contribution in [2.75, 3.05) is 63.0 Å². The van der Waals surface area contributed by atoms with Gasteiger partial charge in [0.25, 0.3) is 11.5 Å². The standard InChI is InChI=1S/C26H42N10O2S/c1-3-19-16-35(24-26(38)32-21(23(28)33-24)25(37)29-9-10-30-39)13-14-36(19)20-7-11-34(12-8-20)15-18-6-4-5-17(2)31-22(18)27/h4,6,19-20,30,39H,3,5,7-16,27H2,1-2H3,(H2,28,33)(H,29,37)(H,32,38).